The number of carbonyl (C=O) groups excluding carboxylic acids is 2. The molecule has 6 nitrogen and oxygen atoms in total. The van der Waals surface area contributed by atoms with Crippen LogP contribution in [0.25, 0.3) is 0 Å². The molecule has 122 valence electrons. The van der Waals surface area contributed by atoms with Gasteiger partial charge in [0.2, 0.25) is 0 Å². The van der Waals surface area contributed by atoms with Crippen molar-refractivity contribution in [2.45, 2.75) is 58.5 Å². The fourth-order valence-corrected chi connectivity index (χ4v) is 3.39. The van der Waals surface area contributed by atoms with Gasteiger partial charge in [-0.2, -0.15) is 0 Å². The number of nitrogens with one attached hydrogen (secondary N) is 1. The molecular formula is C15H22N2O4S. The number of hydrogen-bond acceptors (Lipinski definition) is 6. The van der Waals surface area contributed by atoms with Crippen LogP contribution in [-0.2, 0) is 20.7 Å². The van der Waals surface area contributed by atoms with E-state index in [9.17, 15) is 9.59 Å². The average molecular weight is 326 g/mol. The summed E-state index contributed by atoms with van der Waals surface area (Å²) < 4.78 is 10.3. The lowest BCUT2D eigenvalue weighted by atomic mass is 9.91. The first kappa shape index (κ1) is 16.7. The molecule has 0 unspecified atom stereocenters. The minimum absolute atomic E-state index is 0.238. The summed E-state index contributed by atoms with van der Waals surface area (Å²) in [4.78, 5) is 29.3. The predicted octanol–water partition coefficient (Wildman–Crippen LogP) is 3.47. The summed E-state index contributed by atoms with van der Waals surface area (Å²) in [6, 6.07) is 0. The Hall–Kier alpha value is -1.63. The maximum Gasteiger partial charge on any atom is 0.413 e. The zero-order valence-corrected chi connectivity index (χ0v) is 14.2. The molecule has 1 aliphatic rings. The van der Waals surface area contributed by atoms with Gasteiger partial charge >= 0.3 is 12.1 Å². The molecule has 2 rings (SSSR count). The lowest BCUT2D eigenvalue weighted by Crippen LogP contribution is -2.27. The van der Waals surface area contributed by atoms with Crippen LogP contribution in [0.4, 0.5) is 9.93 Å². The maximum atomic E-state index is 12.0. The van der Waals surface area contributed by atoms with Crippen LogP contribution < -0.4 is 5.32 Å². The molecule has 7 heteroatoms. The average Bonchev–Trinajstić information content (AvgIpc) is 2.78. The standard InChI is InChI=1S/C15H22N2O4S/c1-5-20-12(18)9-7-6-8-10-11(9)16-13(22-10)17-14(19)21-15(2,3)4/h9H,5-8H2,1-4H3,(H,16,17,19)/t9-/m1/s1. The van der Waals surface area contributed by atoms with Crippen molar-refractivity contribution in [3.63, 3.8) is 0 Å². The van der Waals surface area contributed by atoms with Gasteiger partial charge in [0.1, 0.15) is 11.5 Å². The van der Waals surface area contributed by atoms with Gasteiger partial charge in [-0.05, 0) is 47.0 Å². The van der Waals surface area contributed by atoms with Crippen LogP contribution in [0, 0.1) is 0 Å². The summed E-state index contributed by atoms with van der Waals surface area (Å²) in [6.07, 6.45) is 2.00. The highest BCUT2D eigenvalue weighted by atomic mass is 32.1. The highest BCUT2D eigenvalue weighted by molar-refractivity contribution is 7.15. The van der Waals surface area contributed by atoms with Crippen LogP contribution in [0.5, 0.6) is 0 Å². The third-order valence-electron chi connectivity index (χ3n) is 3.13. The molecule has 1 aliphatic carbocycles. The molecule has 0 aliphatic heterocycles. The Morgan fingerprint density at radius 3 is 2.77 bits per heavy atom. The number of aromatic nitrogens is 1. The Kier molecular flexibility index (Phi) is 5.05. The Morgan fingerprint density at radius 1 is 1.41 bits per heavy atom. The van der Waals surface area contributed by atoms with E-state index < -0.39 is 11.7 Å². The molecular weight excluding hydrogens is 304 g/mol. The number of carbonyl (C=O) groups is 2. The van der Waals surface area contributed by atoms with Gasteiger partial charge in [-0.15, -0.1) is 11.3 Å². The van der Waals surface area contributed by atoms with Crippen molar-refractivity contribution in [1.82, 2.24) is 4.98 Å². The summed E-state index contributed by atoms with van der Waals surface area (Å²) in [5, 5.41) is 3.11. The number of rotatable bonds is 3. The van der Waals surface area contributed by atoms with Gasteiger partial charge in [0, 0.05) is 4.88 Å². The largest absolute Gasteiger partial charge is 0.465 e. The second-order valence-electron chi connectivity index (χ2n) is 6.15. The molecule has 1 aromatic rings. The van der Waals surface area contributed by atoms with Gasteiger partial charge in [-0.3, -0.25) is 10.1 Å². The number of nitrogens with zero attached hydrogens (tertiary/aromatic N) is 1. The second kappa shape index (κ2) is 6.64. The minimum Gasteiger partial charge on any atom is -0.465 e. The van der Waals surface area contributed by atoms with E-state index in [4.69, 9.17) is 9.47 Å². The molecule has 1 heterocycles. The van der Waals surface area contributed by atoms with Crippen molar-refractivity contribution in [3.05, 3.63) is 10.6 Å². The first-order valence-electron chi connectivity index (χ1n) is 7.46. The van der Waals surface area contributed by atoms with Crippen LogP contribution in [-0.4, -0.2) is 29.3 Å². The van der Waals surface area contributed by atoms with E-state index in [2.05, 4.69) is 10.3 Å². The van der Waals surface area contributed by atoms with Crippen molar-refractivity contribution in [1.29, 1.82) is 0 Å². The first-order chi connectivity index (χ1) is 10.3. The monoisotopic (exact) mass is 326 g/mol. The van der Waals surface area contributed by atoms with Crippen molar-refractivity contribution in [2.75, 3.05) is 11.9 Å². The SMILES string of the molecule is CCOC(=O)[C@@H]1CCCc2sc(NC(=O)OC(C)(C)C)nc21. The topological polar surface area (TPSA) is 77.5 Å². The Morgan fingerprint density at radius 2 is 2.14 bits per heavy atom. The summed E-state index contributed by atoms with van der Waals surface area (Å²) in [7, 11) is 0. The molecule has 0 fully saturated rings. The molecule has 1 N–H and O–H groups in total. The van der Waals surface area contributed by atoms with E-state index in [1.165, 1.54) is 11.3 Å². The maximum absolute atomic E-state index is 12.0. The molecule has 0 bridgehead atoms. The lowest BCUT2D eigenvalue weighted by molar-refractivity contribution is -0.145. The van der Waals surface area contributed by atoms with E-state index in [-0.39, 0.29) is 11.9 Å². The van der Waals surface area contributed by atoms with Gasteiger partial charge in [0.15, 0.2) is 5.13 Å². The highest BCUT2D eigenvalue weighted by Gasteiger charge is 2.31. The van der Waals surface area contributed by atoms with Gasteiger partial charge < -0.3 is 9.47 Å². The molecule has 0 saturated carbocycles. The van der Waals surface area contributed by atoms with Gasteiger partial charge in [-0.25, -0.2) is 9.78 Å². The van der Waals surface area contributed by atoms with Gasteiger partial charge in [-0.1, -0.05) is 0 Å². The molecule has 22 heavy (non-hydrogen) atoms. The zero-order valence-electron chi connectivity index (χ0n) is 13.4. The third kappa shape index (κ3) is 4.19. The van der Waals surface area contributed by atoms with E-state index in [0.29, 0.717) is 11.7 Å². The molecule has 1 aromatic heterocycles. The molecule has 0 radical (unpaired) electrons. The number of amides is 1. The molecule has 1 amide bonds. The quantitative estimate of drug-likeness (QED) is 0.861. The molecule has 0 aromatic carbocycles. The number of thiazole rings is 1. The van der Waals surface area contributed by atoms with E-state index in [1.807, 2.05) is 0 Å². The summed E-state index contributed by atoms with van der Waals surface area (Å²) in [5.74, 6) is -0.563. The minimum atomic E-state index is -0.561. The zero-order chi connectivity index (χ0) is 16.3. The van der Waals surface area contributed by atoms with E-state index in [1.54, 1.807) is 27.7 Å². The van der Waals surface area contributed by atoms with E-state index >= 15 is 0 Å². The third-order valence-corrected chi connectivity index (χ3v) is 4.18. The highest BCUT2D eigenvalue weighted by Crippen LogP contribution is 2.37. The first-order valence-corrected chi connectivity index (χ1v) is 8.28. The summed E-state index contributed by atoms with van der Waals surface area (Å²) >= 11 is 1.40. The van der Waals surface area contributed by atoms with Crippen molar-refractivity contribution in [3.8, 4) is 0 Å². The van der Waals surface area contributed by atoms with Crippen LogP contribution in [0.2, 0.25) is 0 Å². The van der Waals surface area contributed by atoms with Crippen molar-refractivity contribution < 1.29 is 19.1 Å². The number of aryl methyl sites for hydroxylation is 1. The molecule has 1 atom stereocenters. The number of hydrogen-bond donors (Lipinski definition) is 1. The number of esters is 1. The number of ether oxygens (including phenoxy) is 2. The Balaban J connectivity index is 2.11. The summed E-state index contributed by atoms with van der Waals surface area (Å²) in [5.41, 5.74) is 0.176. The smallest absolute Gasteiger partial charge is 0.413 e. The van der Waals surface area contributed by atoms with Crippen LogP contribution in [0.15, 0.2) is 0 Å². The fraction of sp³-hybridized carbons (Fsp3) is 0.667. The summed E-state index contributed by atoms with van der Waals surface area (Å²) in [6.45, 7) is 7.55. The Labute approximate surface area is 134 Å². The van der Waals surface area contributed by atoms with Gasteiger partial charge in [0.25, 0.3) is 0 Å². The number of anilines is 1. The van der Waals surface area contributed by atoms with Crippen molar-refractivity contribution >= 4 is 28.5 Å². The molecule has 0 spiro atoms. The Bertz CT molecular complexity index is 562. The van der Waals surface area contributed by atoms with Crippen LogP contribution >= 0.6 is 11.3 Å². The van der Waals surface area contributed by atoms with Crippen LogP contribution in [0.1, 0.15) is 57.0 Å². The van der Waals surface area contributed by atoms with Crippen LogP contribution in [0.3, 0.4) is 0 Å². The van der Waals surface area contributed by atoms with Crippen molar-refractivity contribution in [2.24, 2.45) is 0 Å². The number of fused-ring (bicyclic) bond motifs is 1. The fourth-order valence-electron chi connectivity index (χ4n) is 2.34. The lowest BCUT2D eigenvalue weighted by Gasteiger charge is -2.19. The predicted molar refractivity (Wildman–Crippen MR) is 84.3 cm³/mol. The van der Waals surface area contributed by atoms with Gasteiger partial charge in [0.05, 0.1) is 12.3 Å². The van der Waals surface area contributed by atoms with E-state index in [0.717, 1.165) is 29.8 Å². The normalized spacial score (nSPS) is 17.5. The molecule has 0 saturated heterocycles. The second-order valence-corrected chi connectivity index (χ2v) is 7.23.